The molecule has 1 unspecified atom stereocenters. The summed E-state index contributed by atoms with van der Waals surface area (Å²) in [6, 6.07) is 15.9. The number of imide groups is 1. The smallest absolute Gasteiger partial charge is 0.417 e. The number of nitrogens with one attached hydrogen (secondary N) is 1. The van der Waals surface area contributed by atoms with Crippen LogP contribution in [0.4, 0.5) is 4.79 Å². The van der Waals surface area contributed by atoms with Crippen LogP contribution >= 0.6 is 0 Å². The van der Waals surface area contributed by atoms with Crippen LogP contribution in [0.5, 0.6) is 0 Å². The lowest BCUT2D eigenvalue weighted by Gasteiger charge is -2.23. The van der Waals surface area contributed by atoms with Gasteiger partial charge in [-0.05, 0) is 23.3 Å². The molecule has 1 fully saturated rings. The highest BCUT2D eigenvalue weighted by molar-refractivity contribution is 5.98. The summed E-state index contributed by atoms with van der Waals surface area (Å²) in [5.41, 5.74) is 2.31. The number of ether oxygens (including phenoxy) is 1. The Morgan fingerprint density at radius 3 is 2.50 bits per heavy atom. The first-order chi connectivity index (χ1) is 14.6. The maximum atomic E-state index is 12.8. The number of carbonyl (C=O) groups excluding carboxylic acids is 3. The Balaban J connectivity index is 1.48. The zero-order valence-electron chi connectivity index (χ0n) is 16.1. The minimum atomic E-state index is -0.695. The molecule has 1 aliphatic heterocycles. The van der Waals surface area contributed by atoms with E-state index >= 15 is 0 Å². The van der Waals surface area contributed by atoms with Crippen molar-refractivity contribution in [1.82, 2.24) is 19.8 Å². The van der Waals surface area contributed by atoms with Gasteiger partial charge in [0.1, 0.15) is 0 Å². The SMILES string of the molecule is O=C(NC(CN1C(=O)COC1=O)c1ccccc1)c1ccc(Cn2ccnc2)cc1. The molecule has 0 aliphatic carbocycles. The number of carbonyl (C=O) groups is 3. The number of aromatic nitrogens is 2. The predicted molar refractivity (Wildman–Crippen MR) is 107 cm³/mol. The summed E-state index contributed by atoms with van der Waals surface area (Å²) in [5, 5.41) is 2.93. The quantitative estimate of drug-likeness (QED) is 0.653. The third-order valence-corrected chi connectivity index (χ3v) is 4.85. The van der Waals surface area contributed by atoms with Crippen LogP contribution < -0.4 is 5.32 Å². The van der Waals surface area contributed by atoms with Gasteiger partial charge in [0.25, 0.3) is 11.8 Å². The number of nitrogens with zero attached hydrogens (tertiary/aromatic N) is 3. The van der Waals surface area contributed by atoms with E-state index in [-0.39, 0.29) is 19.1 Å². The summed E-state index contributed by atoms with van der Waals surface area (Å²) in [6.07, 6.45) is 4.62. The van der Waals surface area contributed by atoms with E-state index in [1.807, 2.05) is 53.2 Å². The van der Waals surface area contributed by atoms with Crippen molar-refractivity contribution in [3.8, 4) is 0 Å². The summed E-state index contributed by atoms with van der Waals surface area (Å²) >= 11 is 0. The largest absolute Gasteiger partial charge is 0.439 e. The summed E-state index contributed by atoms with van der Waals surface area (Å²) < 4.78 is 6.72. The van der Waals surface area contributed by atoms with Crippen LogP contribution in [0.2, 0.25) is 0 Å². The van der Waals surface area contributed by atoms with Crippen LogP contribution in [0.3, 0.4) is 0 Å². The topological polar surface area (TPSA) is 93.5 Å². The van der Waals surface area contributed by atoms with Crippen LogP contribution in [-0.4, -0.2) is 45.5 Å². The van der Waals surface area contributed by atoms with E-state index < -0.39 is 18.0 Å². The molecule has 1 saturated heterocycles. The standard InChI is InChI=1S/C22H20N4O4/c27-20-14-30-22(29)26(20)13-19(17-4-2-1-3-5-17)24-21(28)18-8-6-16(7-9-18)12-25-11-10-23-15-25/h1-11,15,19H,12-14H2,(H,24,28). The van der Waals surface area contributed by atoms with Crippen LogP contribution in [0.25, 0.3) is 0 Å². The molecule has 3 amide bonds. The first kappa shape index (κ1) is 19.4. The molecule has 8 heteroatoms. The van der Waals surface area contributed by atoms with E-state index in [0.29, 0.717) is 12.1 Å². The molecule has 2 aromatic carbocycles. The number of hydrogen-bond donors (Lipinski definition) is 1. The third kappa shape index (κ3) is 4.38. The van der Waals surface area contributed by atoms with Crippen molar-refractivity contribution in [2.24, 2.45) is 0 Å². The second kappa shape index (κ2) is 8.60. The lowest BCUT2D eigenvalue weighted by Crippen LogP contribution is -2.40. The number of imidazole rings is 1. The highest BCUT2D eigenvalue weighted by Gasteiger charge is 2.33. The number of amides is 3. The lowest BCUT2D eigenvalue weighted by molar-refractivity contribution is -0.126. The van der Waals surface area contributed by atoms with E-state index in [9.17, 15) is 14.4 Å². The average Bonchev–Trinajstić information content (AvgIpc) is 3.39. The zero-order valence-corrected chi connectivity index (χ0v) is 16.1. The predicted octanol–water partition coefficient (Wildman–Crippen LogP) is 2.38. The van der Waals surface area contributed by atoms with Gasteiger partial charge in [0, 0.05) is 24.5 Å². The van der Waals surface area contributed by atoms with E-state index in [4.69, 9.17) is 4.74 Å². The minimum absolute atomic E-state index is 0.00608. The molecule has 0 radical (unpaired) electrons. The fourth-order valence-electron chi connectivity index (χ4n) is 3.25. The summed E-state index contributed by atoms with van der Waals surface area (Å²) in [7, 11) is 0. The molecular weight excluding hydrogens is 384 g/mol. The highest BCUT2D eigenvalue weighted by atomic mass is 16.6. The molecule has 0 spiro atoms. The Morgan fingerprint density at radius 1 is 1.10 bits per heavy atom. The molecule has 1 N–H and O–H groups in total. The molecule has 152 valence electrons. The second-order valence-corrected chi connectivity index (χ2v) is 6.93. The summed E-state index contributed by atoms with van der Waals surface area (Å²) in [4.78, 5) is 41.7. The van der Waals surface area contributed by atoms with Gasteiger partial charge in [-0.25, -0.2) is 14.7 Å². The monoisotopic (exact) mass is 404 g/mol. The second-order valence-electron chi connectivity index (χ2n) is 6.93. The zero-order chi connectivity index (χ0) is 20.9. The fraction of sp³-hybridized carbons (Fsp3) is 0.182. The van der Waals surface area contributed by atoms with E-state index in [2.05, 4.69) is 10.3 Å². The Kier molecular flexibility index (Phi) is 5.56. The van der Waals surface area contributed by atoms with Gasteiger partial charge in [-0.3, -0.25) is 9.59 Å². The molecule has 3 aromatic rings. The first-order valence-electron chi connectivity index (χ1n) is 9.48. The summed E-state index contributed by atoms with van der Waals surface area (Å²) in [6.45, 7) is 0.395. The van der Waals surface area contributed by atoms with Crippen molar-refractivity contribution >= 4 is 17.9 Å². The van der Waals surface area contributed by atoms with Gasteiger partial charge in [0.2, 0.25) is 0 Å². The van der Waals surface area contributed by atoms with Crippen molar-refractivity contribution in [2.45, 2.75) is 12.6 Å². The van der Waals surface area contributed by atoms with Crippen LogP contribution in [0.15, 0.2) is 73.3 Å². The van der Waals surface area contributed by atoms with Gasteiger partial charge in [-0.1, -0.05) is 42.5 Å². The van der Waals surface area contributed by atoms with Gasteiger partial charge in [-0.2, -0.15) is 0 Å². The lowest BCUT2D eigenvalue weighted by atomic mass is 10.0. The molecule has 1 atom stereocenters. The molecular formula is C22H20N4O4. The molecule has 8 nitrogen and oxygen atoms in total. The van der Waals surface area contributed by atoms with Gasteiger partial charge < -0.3 is 14.6 Å². The van der Waals surface area contributed by atoms with Crippen LogP contribution in [-0.2, 0) is 16.1 Å². The highest BCUT2D eigenvalue weighted by Crippen LogP contribution is 2.18. The summed E-state index contributed by atoms with van der Waals surface area (Å²) in [5.74, 6) is -0.711. The molecule has 1 aromatic heterocycles. The molecule has 4 rings (SSSR count). The number of hydrogen-bond acceptors (Lipinski definition) is 5. The third-order valence-electron chi connectivity index (χ3n) is 4.85. The Bertz CT molecular complexity index is 1020. The molecule has 30 heavy (non-hydrogen) atoms. The Morgan fingerprint density at radius 2 is 1.87 bits per heavy atom. The van der Waals surface area contributed by atoms with Gasteiger partial charge in [0.05, 0.1) is 18.9 Å². The van der Waals surface area contributed by atoms with E-state index in [1.165, 1.54) is 0 Å². The van der Waals surface area contributed by atoms with E-state index in [0.717, 1.165) is 16.0 Å². The maximum absolute atomic E-state index is 12.8. The van der Waals surface area contributed by atoms with Crippen molar-refractivity contribution in [1.29, 1.82) is 0 Å². The Labute approximate surface area is 173 Å². The van der Waals surface area contributed by atoms with Crippen molar-refractivity contribution < 1.29 is 19.1 Å². The molecule has 0 saturated carbocycles. The fourth-order valence-corrected chi connectivity index (χ4v) is 3.25. The van der Waals surface area contributed by atoms with Gasteiger partial charge in [-0.15, -0.1) is 0 Å². The van der Waals surface area contributed by atoms with E-state index in [1.54, 1.807) is 24.7 Å². The molecule has 0 bridgehead atoms. The van der Waals surface area contributed by atoms with Crippen molar-refractivity contribution in [3.63, 3.8) is 0 Å². The number of benzene rings is 2. The first-order valence-corrected chi connectivity index (χ1v) is 9.48. The van der Waals surface area contributed by atoms with Crippen LogP contribution in [0, 0.1) is 0 Å². The van der Waals surface area contributed by atoms with Gasteiger partial charge >= 0.3 is 6.09 Å². The maximum Gasteiger partial charge on any atom is 0.417 e. The van der Waals surface area contributed by atoms with Crippen LogP contribution in [0.1, 0.15) is 27.5 Å². The minimum Gasteiger partial charge on any atom is -0.439 e. The van der Waals surface area contributed by atoms with Crippen molar-refractivity contribution in [3.05, 3.63) is 90.0 Å². The molecule has 2 heterocycles. The normalized spacial score (nSPS) is 14.5. The number of rotatable bonds is 7. The van der Waals surface area contributed by atoms with Gasteiger partial charge in [0.15, 0.2) is 6.61 Å². The number of cyclic esters (lactones) is 1. The van der Waals surface area contributed by atoms with Crippen molar-refractivity contribution in [2.75, 3.05) is 13.2 Å². The molecule has 1 aliphatic rings. The Hall–Kier alpha value is -3.94. The average molecular weight is 404 g/mol.